The Morgan fingerprint density at radius 2 is 2.04 bits per heavy atom. The van der Waals surface area contributed by atoms with Crippen LogP contribution in [0.5, 0.6) is 5.75 Å². The topological polar surface area (TPSA) is 34.6 Å². The lowest BCUT2D eigenvalue weighted by Crippen LogP contribution is -2.44. The van der Waals surface area contributed by atoms with Crippen LogP contribution in [0.4, 0.5) is 4.39 Å². The molecule has 1 saturated heterocycles. The molecule has 1 aliphatic rings. The third-order valence-electron chi connectivity index (χ3n) is 4.53. The van der Waals surface area contributed by atoms with Gasteiger partial charge in [0.2, 0.25) is 0 Å². The molecule has 0 spiro atoms. The molecule has 2 heterocycles. The third-order valence-corrected chi connectivity index (χ3v) is 4.53. The number of pyridine rings is 1. The first-order chi connectivity index (χ1) is 12.8. The number of nitrogens with zero attached hydrogens (tertiary/aromatic N) is 2. The Bertz CT molecular complexity index is 872. The van der Waals surface area contributed by atoms with Crippen LogP contribution in [-0.2, 0) is 11.3 Å². The summed E-state index contributed by atoms with van der Waals surface area (Å²) in [6.07, 6.45) is 1.64. The summed E-state index contributed by atoms with van der Waals surface area (Å²) in [6, 6.07) is 16.9. The molecule has 26 heavy (non-hydrogen) atoms. The fourth-order valence-corrected chi connectivity index (χ4v) is 3.28. The maximum absolute atomic E-state index is 13.8. The Morgan fingerprint density at radius 3 is 2.92 bits per heavy atom. The third kappa shape index (κ3) is 4.00. The molecule has 1 atom stereocenters. The number of aromatic nitrogens is 1. The number of fused-ring (bicyclic) bond motifs is 1. The Labute approximate surface area is 152 Å². The molecule has 134 valence electrons. The monoisotopic (exact) mass is 352 g/mol. The number of halogens is 1. The first-order valence-electron chi connectivity index (χ1n) is 8.83. The highest BCUT2D eigenvalue weighted by molar-refractivity contribution is 5.84. The van der Waals surface area contributed by atoms with Crippen LogP contribution in [0.3, 0.4) is 0 Å². The maximum Gasteiger partial charge on any atom is 0.148 e. The van der Waals surface area contributed by atoms with Crippen LogP contribution in [0, 0.1) is 5.82 Å². The molecule has 1 unspecified atom stereocenters. The molecule has 0 amide bonds. The van der Waals surface area contributed by atoms with Crippen molar-refractivity contribution in [2.24, 2.45) is 0 Å². The van der Waals surface area contributed by atoms with Crippen LogP contribution >= 0.6 is 0 Å². The second kappa shape index (κ2) is 7.81. The Morgan fingerprint density at radius 1 is 1.15 bits per heavy atom. The lowest BCUT2D eigenvalue weighted by atomic mass is 10.2. The predicted molar refractivity (Wildman–Crippen MR) is 98.7 cm³/mol. The van der Waals surface area contributed by atoms with E-state index in [0.29, 0.717) is 24.5 Å². The van der Waals surface area contributed by atoms with Gasteiger partial charge in [0.1, 0.15) is 29.8 Å². The van der Waals surface area contributed by atoms with E-state index >= 15 is 0 Å². The van der Waals surface area contributed by atoms with Gasteiger partial charge in [-0.3, -0.25) is 9.88 Å². The molecule has 0 saturated carbocycles. The quantitative estimate of drug-likeness (QED) is 0.702. The highest BCUT2D eigenvalue weighted by Gasteiger charge is 2.21. The molecular formula is C21H21FN2O2. The van der Waals surface area contributed by atoms with Gasteiger partial charge in [-0.25, -0.2) is 4.39 Å². The van der Waals surface area contributed by atoms with E-state index in [1.165, 1.54) is 17.7 Å². The van der Waals surface area contributed by atoms with Gasteiger partial charge < -0.3 is 9.47 Å². The number of rotatable bonds is 5. The summed E-state index contributed by atoms with van der Waals surface area (Å²) in [6.45, 7) is 3.62. The lowest BCUT2D eigenvalue weighted by Gasteiger charge is -2.32. The van der Waals surface area contributed by atoms with Crippen molar-refractivity contribution in [1.82, 2.24) is 9.88 Å². The minimum Gasteiger partial charge on any atom is -0.488 e. The highest BCUT2D eigenvalue weighted by Crippen LogP contribution is 2.25. The minimum atomic E-state index is -0.323. The molecular weight excluding hydrogens is 331 g/mol. The molecule has 0 radical (unpaired) electrons. The number of benzene rings is 2. The molecule has 0 bridgehead atoms. The SMILES string of the molecule is Fc1cc(OCC2CN(Cc3ccccc3)CCO2)c2ncccc2c1. The van der Waals surface area contributed by atoms with Crippen molar-refractivity contribution in [3.63, 3.8) is 0 Å². The zero-order valence-corrected chi connectivity index (χ0v) is 14.5. The largest absolute Gasteiger partial charge is 0.488 e. The first kappa shape index (κ1) is 16.9. The zero-order valence-electron chi connectivity index (χ0n) is 14.5. The molecule has 4 rings (SSSR count). The van der Waals surface area contributed by atoms with Crippen LogP contribution in [0.25, 0.3) is 10.9 Å². The van der Waals surface area contributed by atoms with Gasteiger partial charge in [0, 0.05) is 37.3 Å². The van der Waals surface area contributed by atoms with E-state index in [-0.39, 0.29) is 11.9 Å². The van der Waals surface area contributed by atoms with Gasteiger partial charge in [0.25, 0.3) is 0 Å². The van der Waals surface area contributed by atoms with E-state index < -0.39 is 0 Å². The molecule has 5 heteroatoms. The molecule has 1 aromatic heterocycles. The molecule has 0 N–H and O–H groups in total. The van der Waals surface area contributed by atoms with E-state index in [4.69, 9.17) is 9.47 Å². The van der Waals surface area contributed by atoms with E-state index in [9.17, 15) is 4.39 Å². The standard InChI is InChI=1S/C21H21FN2O2/c22-18-11-17-7-4-8-23-21(17)20(12-18)26-15-19-14-24(9-10-25-19)13-16-5-2-1-3-6-16/h1-8,11-12,19H,9-10,13-15H2. The Hall–Kier alpha value is -2.50. The van der Waals surface area contributed by atoms with Gasteiger partial charge in [0.05, 0.1) is 6.61 Å². The summed E-state index contributed by atoms with van der Waals surface area (Å²) < 4.78 is 25.5. The summed E-state index contributed by atoms with van der Waals surface area (Å²) in [7, 11) is 0. The van der Waals surface area contributed by atoms with Crippen molar-refractivity contribution < 1.29 is 13.9 Å². The number of morpholine rings is 1. The van der Waals surface area contributed by atoms with Crippen LogP contribution in [0.15, 0.2) is 60.8 Å². The zero-order chi connectivity index (χ0) is 17.8. The number of ether oxygens (including phenoxy) is 2. The molecule has 1 fully saturated rings. The minimum absolute atomic E-state index is 0.0468. The molecule has 4 nitrogen and oxygen atoms in total. The second-order valence-electron chi connectivity index (χ2n) is 6.50. The number of hydrogen-bond donors (Lipinski definition) is 0. The van der Waals surface area contributed by atoms with Gasteiger partial charge in [-0.2, -0.15) is 0 Å². The Kier molecular flexibility index (Phi) is 5.09. The molecule has 3 aromatic rings. The van der Waals surface area contributed by atoms with Crippen molar-refractivity contribution in [3.05, 3.63) is 72.2 Å². The van der Waals surface area contributed by atoms with E-state index in [1.54, 1.807) is 12.3 Å². The summed E-state index contributed by atoms with van der Waals surface area (Å²) in [4.78, 5) is 6.67. The van der Waals surface area contributed by atoms with Crippen molar-refractivity contribution in [3.8, 4) is 5.75 Å². The lowest BCUT2D eigenvalue weighted by molar-refractivity contribution is -0.0502. The van der Waals surface area contributed by atoms with Gasteiger partial charge in [-0.15, -0.1) is 0 Å². The van der Waals surface area contributed by atoms with Crippen molar-refractivity contribution in [2.75, 3.05) is 26.3 Å². The average molecular weight is 352 g/mol. The summed E-state index contributed by atoms with van der Waals surface area (Å²) >= 11 is 0. The van der Waals surface area contributed by atoms with Gasteiger partial charge >= 0.3 is 0 Å². The van der Waals surface area contributed by atoms with Crippen molar-refractivity contribution in [1.29, 1.82) is 0 Å². The Balaban J connectivity index is 1.40. The fourth-order valence-electron chi connectivity index (χ4n) is 3.28. The molecule has 2 aromatic carbocycles. The van der Waals surface area contributed by atoms with E-state index in [0.717, 1.165) is 25.0 Å². The highest BCUT2D eigenvalue weighted by atomic mass is 19.1. The van der Waals surface area contributed by atoms with Gasteiger partial charge in [0.15, 0.2) is 0 Å². The predicted octanol–water partition coefficient (Wildman–Crippen LogP) is 3.65. The van der Waals surface area contributed by atoms with Gasteiger partial charge in [-0.05, 0) is 17.7 Å². The smallest absolute Gasteiger partial charge is 0.148 e. The fraction of sp³-hybridized carbons (Fsp3) is 0.286. The normalized spacial score (nSPS) is 18.1. The van der Waals surface area contributed by atoms with Crippen LogP contribution < -0.4 is 4.74 Å². The average Bonchev–Trinajstić information content (AvgIpc) is 2.67. The number of hydrogen-bond acceptors (Lipinski definition) is 4. The van der Waals surface area contributed by atoms with Gasteiger partial charge in [-0.1, -0.05) is 36.4 Å². The summed E-state index contributed by atoms with van der Waals surface area (Å²) in [5.74, 6) is 0.139. The first-order valence-corrected chi connectivity index (χ1v) is 8.83. The summed E-state index contributed by atoms with van der Waals surface area (Å²) in [5, 5.41) is 0.734. The van der Waals surface area contributed by atoms with Crippen molar-refractivity contribution in [2.45, 2.75) is 12.6 Å². The van der Waals surface area contributed by atoms with E-state index in [2.05, 4.69) is 34.1 Å². The maximum atomic E-state index is 13.8. The van der Waals surface area contributed by atoms with Crippen LogP contribution in [-0.4, -0.2) is 42.3 Å². The second-order valence-corrected chi connectivity index (χ2v) is 6.50. The molecule has 1 aliphatic heterocycles. The van der Waals surface area contributed by atoms with Crippen LogP contribution in [0.2, 0.25) is 0 Å². The van der Waals surface area contributed by atoms with Crippen molar-refractivity contribution >= 4 is 10.9 Å². The van der Waals surface area contributed by atoms with Crippen LogP contribution in [0.1, 0.15) is 5.56 Å². The van der Waals surface area contributed by atoms with E-state index in [1.807, 2.05) is 12.1 Å². The summed E-state index contributed by atoms with van der Waals surface area (Å²) in [5.41, 5.74) is 1.96. The molecule has 0 aliphatic carbocycles.